The Morgan fingerprint density at radius 2 is 1.74 bits per heavy atom. The first kappa shape index (κ1) is 14.3. The van der Waals surface area contributed by atoms with Crippen LogP contribution in [-0.2, 0) is 19.3 Å². The van der Waals surface area contributed by atoms with Crippen LogP contribution in [0.15, 0.2) is 24.3 Å². The first-order valence-electron chi connectivity index (χ1n) is 6.32. The number of nitrogens with zero attached hydrogens (tertiary/aromatic N) is 2. The number of hydrogen-bond acceptors (Lipinski definition) is 4. The van der Waals surface area contributed by atoms with Crippen LogP contribution in [-0.4, -0.2) is 23.2 Å². The number of hydrogen-bond donors (Lipinski definition) is 0. The van der Waals surface area contributed by atoms with Gasteiger partial charge in [-0.2, -0.15) is 0 Å². The highest BCUT2D eigenvalue weighted by Crippen LogP contribution is 2.16. The van der Waals surface area contributed by atoms with E-state index >= 15 is 0 Å². The van der Waals surface area contributed by atoms with E-state index in [9.17, 15) is 0 Å². The van der Waals surface area contributed by atoms with Crippen molar-refractivity contribution in [3.8, 4) is 5.75 Å². The first-order valence-corrected chi connectivity index (χ1v) is 7.67. The van der Waals surface area contributed by atoms with Gasteiger partial charge in [-0.3, -0.25) is 0 Å². The molecule has 0 amide bonds. The molecule has 3 nitrogen and oxygen atoms in total. The second-order valence-electron chi connectivity index (χ2n) is 4.23. The van der Waals surface area contributed by atoms with Crippen LogP contribution in [0.2, 0.25) is 0 Å². The van der Waals surface area contributed by atoms with E-state index in [0.29, 0.717) is 5.88 Å². The van der Waals surface area contributed by atoms with Gasteiger partial charge in [-0.25, -0.2) is 0 Å². The van der Waals surface area contributed by atoms with Crippen molar-refractivity contribution in [2.45, 2.75) is 25.7 Å². The minimum Gasteiger partial charge on any atom is -0.497 e. The lowest BCUT2D eigenvalue weighted by Gasteiger charge is -2.01. The predicted molar refractivity (Wildman–Crippen MR) is 79.4 cm³/mol. The van der Waals surface area contributed by atoms with E-state index in [1.807, 2.05) is 12.1 Å². The van der Waals surface area contributed by atoms with E-state index in [2.05, 4.69) is 22.3 Å². The molecule has 0 aliphatic heterocycles. The Balaban J connectivity index is 1.85. The van der Waals surface area contributed by atoms with Gasteiger partial charge in [-0.15, -0.1) is 33.1 Å². The third-order valence-corrected chi connectivity index (χ3v) is 4.13. The van der Waals surface area contributed by atoms with Crippen LogP contribution < -0.4 is 4.74 Å². The highest BCUT2D eigenvalue weighted by molar-refractivity contribution is 7.11. The van der Waals surface area contributed by atoms with Gasteiger partial charge < -0.3 is 4.74 Å². The summed E-state index contributed by atoms with van der Waals surface area (Å²) >= 11 is 7.36. The monoisotopic (exact) mass is 296 g/mol. The number of benzene rings is 1. The normalized spacial score (nSPS) is 10.6. The summed E-state index contributed by atoms with van der Waals surface area (Å²) in [6, 6.07) is 8.16. The zero-order chi connectivity index (χ0) is 13.5. The van der Waals surface area contributed by atoms with Gasteiger partial charge in [0.25, 0.3) is 0 Å². The Hall–Kier alpha value is -1.13. The summed E-state index contributed by atoms with van der Waals surface area (Å²) in [7, 11) is 1.68. The number of aryl methyl sites for hydroxylation is 3. The molecule has 0 bridgehead atoms. The molecule has 19 heavy (non-hydrogen) atoms. The van der Waals surface area contributed by atoms with Crippen LogP contribution in [0.25, 0.3) is 0 Å². The number of halogens is 1. The number of aromatic nitrogens is 2. The lowest BCUT2D eigenvalue weighted by atomic mass is 10.1. The number of ether oxygens (including phenoxy) is 1. The summed E-state index contributed by atoms with van der Waals surface area (Å²) in [6.45, 7) is 0. The lowest BCUT2D eigenvalue weighted by molar-refractivity contribution is 0.414. The molecule has 1 heterocycles. The van der Waals surface area contributed by atoms with Crippen molar-refractivity contribution in [3.63, 3.8) is 0 Å². The van der Waals surface area contributed by atoms with E-state index in [-0.39, 0.29) is 0 Å². The maximum atomic E-state index is 5.67. The Bertz CT molecular complexity index is 498. The SMILES string of the molecule is COc1ccc(CCc2nnc(CCCCl)s2)cc1. The van der Waals surface area contributed by atoms with Crippen LogP contribution in [0.5, 0.6) is 5.75 Å². The summed E-state index contributed by atoms with van der Waals surface area (Å²) in [4.78, 5) is 0. The highest BCUT2D eigenvalue weighted by Gasteiger charge is 2.04. The predicted octanol–water partition coefficient (Wildman–Crippen LogP) is 3.50. The Morgan fingerprint density at radius 1 is 1.05 bits per heavy atom. The molecule has 0 aliphatic rings. The molecule has 0 spiro atoms. The molecular weight excluding hydrogens is 280 g/mol. The fourth-order valence-corrected chi connectivity index (χ4v) is 2.77. The summed E-state index contributed by atoms with van der Waals surface area (Å²) in [5.41, 5.74) is 1.29. The first-order chi connectivity index (χ1) is 9.31. The second-order valence-corrected chi connectivity index (χ2v) is 5.75. The summed E-state index contributed by atoms with van der Waals surface area (Å²) in [5.74, 6) is 1.57. The summed E-state index contributed by atoms with van der Waals surface area (Å²) < 4.78 is 5.14. The van der Waals surface area contributed by atoms with Gasteiger partial charge in [0.05, 0.1) is 7.11 Å². The number of rotatable bonds is 7. The molecule has 1 aromatic heterocycles. The molecule has 2 rings (SSSR count). The molecule has 1 aromatic carbocycles. The van der Waals surface area contributed by atoms with Crippen LogP contribution in [0, 0.1) is 0 Å². The topological polar surface area (TPSA) is 35.0 Å². The van der Waals surface area contributed by atoms with Gasteiger partial charge in [0.15, 0.2) is 0 Å². The van der Waals surface area contributed by atoms with E-state index in [1.54, 1.807) is 18.4 Å². The largest absolute Gasteiger partial charge is 0.497 e. The zero-order valence-electron chi connectivity index (χ0n) is 10.9. The summed E-state index contributed by atoms with van der Waals surface area (Å²) in [5, 5.41) is 10.6. The van der Waals surface area contributed by atoms with E-state index < -0.39 is 0 Å². The van der Waals surface area contributed by atoms with Crippen molar-refractivity contribution in [3.05, 3.63) is 39.8 Å². The van der Waals surface area contributed by atoms with Gasteiger partial charge in [0, 0.05) is 18.7 Å². The van der Waals surface area contributed by atoms with Crippen molar-refractivity contribution in [2.75, 3.05) is 13.0 Å². The van der Waals surface area contributed by atoms with E-state index in [0.717, 1.165) is 41.4 Å². The molecule has 0 saturated heterocycles. The molecule has 0 fully saturated rings. The van der Waals surface area contributed by atoms with Crippen molar-refractivity contribution in [1.82, 2.24) is 10.2 Å². The van der Waals surface area contributed by atoms with Gasteiger partial charge in [-0.05, 0) is 30.5 Å². The fourth-order valence-electron chi connectivity index (χ4n) is 1.75. The van der Waals surface area contributed by atoms with Crippen LogP contribution >= 0.6 is 22.9 Å². The van der Waals surface area contributed by atoms with Crippen LogP contribution in [0.1, 0.15) is 22.0 Å². The maximum absolute atomic E-state index is 5.67. The average molecular weight is 297 g/mol. The number of methoxy groups -OCH3 is 1. The smallest absolute Gasteiger partial charge is 0.118 e. The molecule has 0 saturated carbocycles. The highest BCUT2D eigenvalue weighted by atomic mass is 35.5. The quantitative estimate of drug-likeness (QED) is 0.734. The molecule has 0 radical (unpaired) electrons. The molecule has 2 aromatic rings. The molecule has 5 heteroatoms. The van der Waals surface area contributed by atoms with Gasteiger partial charge >= 0.3 is 0 Å². The van der Waals surface area contributed by atoms with Gasteiger partial charge in [0.2, 0.25) is 0 Å². The Kier molecular flexibility index (Phi) is 5.61. The standard InChI is InChI=1S/C14H17ClN2OS/c1-18-12-7-4-11(5-8-12)6-9-14-17-16-13(19-14)3-2-10-15/h4-5,7-8H,2-3,6,9-10H2,1H3. The fraction of sp³-hybridized carbons (Fsp3) is 0.429. The Morgan fingerprint density at radius 3 is 2.37 bits per heavy atom. The van der Waals surface area contributed by atoms with Gasteiger partial charge in [0.1, 0.15) is 15.8 Å². The van der Waals surface area contributed by atoms with E-state index in [1.165, 1.54) is 5.56 Å². The van der Waals surface area contributed by atoms with Crippen LogP contribution in [0.3, 0.4) is 0 Å². The zero-order valence-corrected chi connectivity index (χ0v) is 12.5. The second kappa shape index (κ2) is 7.46. The lowest BCUT2D eigenvalue weighted by Crippen LogP contribution is -1.91. The van der Waals surface area contributed by atoms with Gasteiger partial charge in [-0.1, -0.05) is 12.1 Å². The van der Waals surface area contributed by atoms with Crippen molar-refractivity contribution in [2.24, 2.45) is 0 Å². The minimum atomic E-state index is 0.681. The third-order valence-electron chi connectivity index (χ3n) is 2.82. The van der Waals surface area contributed by atoms with Crippen LogP contribution in [0.4, 0.5) is 0 Å². The summed E-state index contributed by atoms with van der Waals surface area (Å²) in [6.07, 6.45) is 3.82. The molecule has 102 valence electrons. The maximum Gasteiger partial charge on any atom is 0.118 e. The molecule has 0 unspecified atom stereocenters. The molecule has 0 aliphatic carbocycles. The van der Waals surface area contributed by atoms with Crippen molar-refractivity contribution in [1.29, 1.82) is 0 Å². The average Bonchev–Trinajstić information content (AvgIpc) is 2.91. The van der Waals surface area contributed by atoms with E-state index in [4.69, 9.17) is 16.3 Å². The molecule has 0 N–H and O–H groups in total. The Labute approximate surface area is 122 Å². The van der Waals surface area contributed by atoms with Crippen molar-refractivity contribution < 1.29 is 4.74 Å². The molecule has 0 atom stereocenters. The number of alkyl halides is 1. The van der Waals surface area contributed by atoms with Crippen molar-refractivity contribution >= 4 is 22.9 Å². The minimum absolute atomic E-state index is 0.681. The molecular formula is C14H17ClN2OS. The third kappa shape index (κ3) is 4.48.